The fourth-order valence-corrected chi connectivity index (χ4v) is 3.05. The number of aromatic hydroxyl groups is 1. The van der Waals surface area contributed by atoms with Gasteiger partial charge >= 0.3 is 0 Å². The van der Waals surface area contributed by atoms with Crippen LogP contribution < -0.4 is 0 Å². The van der Waals surface area contributed by atoms with Gasteiger partial charge in [0.1, 0.15) is 5.75 Å². The Bertz CT molecular complexity index is 596. The third-order valence-electron chi connectivity index (χ3n) is 4.39. The molecule has 110 valence electrons. The van der Waals surface area contributed by atoms with E-state index in [1.54, 1.807) is 6.07 Å². The van der Waals surface area contributed by atoms with Crippen LogP contribution >= 0.6 is 0 Å². The fraction of sp³-hybridized carbons (Fsp3) is 0.500. The summed E-state index contributed by atoms with van der Waals surface area (Å²) in [6.45, 7) is 12.8. The third-order valence-corrected chi connectivity index (χ3v) is 8.93. The highest BCUT2D eigenvalue weighted by atomic mass is 28.4. The van der Waals surface area contributed by atoms with Crippen LogP contribution in [-0.4, -0.2) is 24.6 Å². The first-order valence-corrected chi connectivity index (χ1v) is 10.0. The Morgan fingerprint density at radius 2 is 1.90 bits per heavy atom. The summed E-state index contributed by atoms with van der Waals surface area (Å²) < 4.78 is 8.34. The molecule has 0 saturated heterocycles. The van der Waals surface area contributed by atoms with Crippen molar-refractivity contribution in [1.29, 1.82) is 0 Å². The highest BCUT2D eigenvalue weighted by Crippen LogP contribution is 2.36. The van der Waals surface area contributed by atoms with E-state index in [1.165, 1.54) is 0 Å². The first-order chi connectivity index (χ1) is 9.22. The summed E-state index contributed by atoms with van der Waals surface area (Å²) in [7, 11) is -1.68. The van der Waals surface area contributed by atoms with E-state index in [4.69, 9.17) is 4.43 Å². The number of rotatable bonds is 4. The molecule has 1 N–H and O–H groups in total. The summed E-state index contributed by atoms with van der Waals surface area (Å²) in [4.78, 5) is 0. The molecule has 0 aliphatic carbocycles. The first-order valence-electron chi connectivity index (χ1n) is 7.13. The van der Waals surface area contributed by atoms with Crippen LogP contribution in [-0.2, 0) is 11.0 Å². The predicted molar refractivity (Wildman–Crippen MR) is 86.8 cm³/mol. The van der Waals surface area contributed by atoms with Crippen molar-refractivity contribution in [2.24, 2.45) is 0 Å². The summed E-state index contributed by atoms with van der Waals surface area (Å²) in [6, 6.07) is 7.58. The summed E-state index contributed by atoms with van der Waals surface area (Å²) >= 11 is 0. The highest BCUT2D eigenvalue weighted by molar-refractivity contribution is 6.74. The molecule has 0 radical (unpaired) electrons. The van der Waals surface area contributed by atoms with Crippen LogP contribution in [0.25, 0.3) is 10.9 Å². The van der Waals surface area contributed by atoms with Gasteiger partial charge in [-0.25, -0.2) is 0 Å². The molecule has 1 aromatic heterocycles. The number of hydrogen-bond acceptors (Lipinski definition) is 2. The lowest BCUT2D eigenvalue weighted by molar-refractivity contribution is 0.273. The van der Waals surface area contributed by atoms with Gasteiger partial charge in [-0.15, -0.1) is 0 Å². The predicted octanol–water partition coefficient (Wildman–Crippen LogP) is 4.37. The molecule has 2 rings (SSSR count). The van der Waals surface area contributed by atoms with Crippen LogP contribution in [0.15, 0.2) is 30.5 Å². The van der Waals surface area contributed by atoms with Crippen LogP contribution in [0, 0.1) is 0 Å². The van der Waals surface area contributed by atoms with Crippen molar-refractivity contribution in [2.45, 2.75) is 45.4 Å². The van der Waals surface area contributed by atoms with Gasteiger partial charge < -0.3 is 14.1 Å². The van der Waals surface area contributed by atoms with E-state index in [9.17, 15) is 5.11 Å². The van der Waals surface area contributed by atoms with Crippen LogP contribution in [0.5, 0.6) is 5.75 Å². The summed E-state index contributed by atoms with van der Waals surface area (Å²) in [5, 5.41) is 11.0. The standard InChI is InChI=1S/C16H25NO2Si/c1-16(2,3)20(4,5)19-12-11-17-10-9-13-14(17)7-6-8-15(13)18/h6-10,18H,11-12H2,1-5H3. The van der Waals surface area contributed by atoms with Crippen LogP contribution in [0.2, 0.25) is 18.1 Å². The molecule has 20 heavy (non-hydrogen) atoms. The van der Waals surface area contributed by atoms with E-state index in [0.29, 0.717) is 5.75 Å². The smallest absolute Gasteiger partial charge is 0.192 e. The van der Waals surface area contributed by atoms with Gasteiger partial charge in [-0.2, -0.15) is 0 Å². The van der Waals surface area contributed by atoms with Crippen LogP contribution in [0.4, 0.5) is 0 Å². The molecule has 1 heterocycles. The zero-order chi connectivity index (χ0) is 15.0. The maximum atomic E-state index is 9.81. The number of phenolic OH excluding ortho intramolecular Hbond substituents is 1. The zero-order valence-electron chi connectivity index (χ0n) is 13.1. The Morgan fingerprint density at radius 1 is 1.20 bits per heavy atom. The van der Waals surface area contributed by atoms with Gasteiger partial charge in [0, 0.05) is 18.1 Å². The molecule has 3 nitrogen and oxygen atoms in total. The quantitative estimate of drug-likeness (QED) is 0.849. The van der Waals surface area contributed by atoms with Crippen molar-refractivity contribution in [1.82, 2.24) is 4.57 Å². The largest absolute Gasteiger partial charge is 0.507 e. The van der Waals surface area contributed by atoms with Crippen LogP contribution in [0.1, 0.15) is 20.8 Å². The molecular weight excluding hydrogens is 266 g/mol. The number of hydrogen-bond donors (Lipinski definition) is 1. The van der Waals surface area contributed by atoms with E-state index in [2.05, 4.69) is 38.4 Å². The van der Waals surface area contributed by atoms with Gasteiger partial charge in [-0.05, 0) is 36.3 Å². The lowest BCUT2D eigenvalue weighted by Gasteiger charge is -2.36. The lowest BCUT2D eigenvalue weighted by atomic mass is 10.2. The second-order valence-corrected chi connectivity index (χ2v) is 11.6. The minimum atomic E-state index is -1.68. The van der Waals surface area contributed by atoms with Crippen molar-refractivity contribution >= 4 is 19.2 Å². The molecular formula is C16H25NO2Si. The number of nitrogens with zero attached hydrogens (tertiary/aromatic N) is 1. The Kier molecular flexibility index (Phi) is 3.98. The molecule has 4 heteroatoms. The number of phenols is 1. The molecule has 2 aromatic rings. The zero-order valence-corrected chi connectivity index (χ0v) is 14.1. The summed E-state index contributed by atoms with van der Waals surface area (Å²) in [5.74, 6) is 0.339. The maximum absolute atomic E-state index is 9.81. The lowest BCUT2D eigenvalue weighted by Crippen LogP contribution is -2.41. The Labute approximate surface area is 122 Å². The average Bonchev–Trinajstić information content (AvgIpc) is 2.72. The first kappa shape index (κ1) is 15.1. The molecule has 0 fully saturated rings. The minimum Gasteiger partial charge on any atom is -0.507 e. The van der Waals surface area contributed by atoms with Gasteiger partial charge in [-0.1, -0.05) is 26.8 Å². The highest BCUT2D eigenvalue weighted by Gasteiger charge is 2.36. The van der Waals surface area contributed by atoms with Gasteiger partial charge in [0.05, 0.1) is 12.1 Å². The monoisotopic (exact) mass is 291 g/mol. The van der Waals surface area contributed by atoms with Gasteiger partial charge in [0.15, 0.2) is 8.32 Å². The molecule has 0 aliphatic heterocycles. The Morgan fingerprint density at radius 3 is 2.55 bits per heavy atom. The third kappa shape index (κ3) is 2.91. The number of fused-ring (bicyclic) bond motifs is 1. The summed E-state index contributed by atoms with van der Waals surface area (Å²) in [6.07, 6.45) is 2.01. The molecule has 0 bridgehead atoms. The van der Waals surface area contributed by atoms with Crippen molar-refractivity contribution < 1.29 is 9.53 Å². The van der Waals surface area contributed by atoms with Crippen molar-refractivity contribution in [3.8, 4) is 5.75 Å². The van der Waals surface area contributed by atoms with E-state index in [-0.39, 0.29) is 5.04 Å². The van der Waals surface area contributed by atoms with E-state index < -0.39 is 8.32 Å². The normalized spacial score (nSPS) is 13.1. The Hall–Kier alpha value is -1.26. The minimum absolute atomic E-state index is 0.240. The molecule has 0 atom stereocenters. The number of benzene rings is 1. The molecule has 0 saturated carbocycles. The average molecular weight is 291 g/mol. The van der Waals surface area contributed by atoms with E-state index in [1.807, 2.05) is 24.4 Å². The van der Waals surface area contributed by atoms with E-state index in [0.717, 1.165) is 24.1 Å². The van der Waals surface area contributed by atoms with Crippen molar-refractivity contribution in [3.05, 3.63) is 30.5 Å². The van der Waals surface area contributed by atoms with Gasteiger partial charge in [0.2, 0.25) is 0 Å². The van der Waals surface area contributed by atoms with Gasteiger partial charge in [-0.3, -0.25) is 0 Å². The van der Waals surface area contributed by atoms with Crippen molar-refractivity contribution in [2.75, 3.05) is 6.61 Å². The fourth-order valence-electron chi connectivity index (χ4n) is 2.02. The molecule has 0 aliphatic rings. The van der Waals surface area contributed by atoms with Gasteiger partial charge in [0.25, 0.3) is 0 Å². The Balaban J connectivity index is 2.06. The van der Waals surface area contributed by atoms with E-state index >= 15 is 0 Å². The molecule has 0 amide bonds. The number of aromatic nitrogens is 1. The second-order valence-electron chi connectivity index (χ2n) is 6.83. The molecule has 1 aromatic carbocycles. The van der Waals surface area contributed by atoms with Crippen molar-refractivity contribution in [3.63, 3.8) is 0 Å². The summed E-state index contributed by atoms with van der Waals surface area (Å²) in [5.41, 5.74) is 1.06. The SMILES string of the molecule is CC(C)(C)[Si](C)(C)OCCn1ccc2c(O)cccc21. The van der Waals surface area contributed by atoms with Crippen LogP contribution in [0.3, 0.4) is 0 Å². The topological polar surface area (TPSA) is 34.4 Å². The molecule has 0 unspecified atom stereocenters. The second kappa shape index (κ2) is 5.26. The molecule has 0 spiro atoms. The maximum Gasteiger partial charge on any atom is 0.192 e.